The zero-order valence-corrected chi connectivity index (χ0v) is 10.4. The molecule has 0 atom stereocenters. The minimum absolute atomic E-state index is 0.119. The molecule has 0 aliphatic carbocycles. The van der Waals surface area contributed by atoms with Crippen LogP contribution in [-0.2, 0) is 6.42 Å². The van der Waals surface area contributed by atoms with E-state index >= 15 is 0 Å². The van der Waals surface area contributed by atoms with Gasteiger partial charge in [0.2, 0.25) is 0 Å². The van der Waals surface area contributed by atoms with E-state index in [1.54, 1.807) is 23.5 Å². The summed E-state index contributed by atoms with van der Waals surface area (Å²) < 4.78 is 5.44. The van der Waals surface area contributed by atoms with Crippen molar-refractivity contribution in [2.45, 2.75) is 6.42 Å². The van der Waals surface area contributed by atoms with Gasteiger partial charge in [0, 0.05) is 11.3 Å². The molecule has 0 unspecified atom stereocenters. The number of rotatable bonds is 5. The molecule has 5 nitrogen and oxygen atoms in total. The fraction of sp³-hybridized carbons (Fsp3) is 0.167. The highest BCUT2D eigenvalue weighted by Crippen LogP contribution is 2.32. The van der Waals surface area contributed by atoms with Crippen molar-refractivity contribution < 1.29 is 9.66 Å². The first-order valence-corrected chi connectivity index (χ1v) is 6.24. The molecular formula is C12H12N2O3S. The third kappa shape index (κ3) is 2.78. The molecule has 0 saturated carbocycles. The third-order valence-electron chi connectivity index (χ3n) is 2.40. The maximum absolute atomic E-state index is 10.9. The molecule has 2 rings (SSSR count). The average Bonchev–Trinajstić information content (AvgIpc) is 2.81. The van der Waals surface area contributed by atoms with E-state index in [2.05, 4.69) is 0 Å². The van der Waals surface area contributed by atoms with Gasteiger partial charge in [-0.2, -0.15) is 0 Å². The van der Waals surface area contributed by atoms with Crippen molar-refractivity contribution in [1.29, 1.82) is 0 Å². The zero-order chi connectivity index (χ0) is 13.0. The monoisotopic (exact) mass is 264 g/mol. The fourth-order valence-corrected chi connectivity index (χ4v) is 2.26. The van der Waals surface area contributed by atoms with Crippen molar-refractivity contribution in [2.24, 2.45) is 0 Å². The molecule has 0 aliphatic rings. The summed E-state index contributed by atoms with van der Waals surface area (Å²) in [5.41, 5.74) is 5.52. The number of nitro benzene ring substituents is 1. The Labute approximate surface area is 108 Å². The van der Waals surface area contributed by atoms with Gasteiger partial charge in [0.05, 0.1) is 11.5 Å². The van der Waals surface area contributed by atoms with Gasteiger partial charge in [-0.05, 0) is 23.6 Å². The largest absolute Gasteiger partial charge is 0.486 e. The molecule has 0 fully saturated rings. The van der Waals surface area contributed by atoms with Crippen LogP contribution in [0.5, 0.6) is 5.75 Å². The van der Waals surface area contributed by atoms with E-state index in [-0.39, 0.29) is 17.1 Å². The Hall–Kier alpha value is -2.08. The molecule has 0 bridgehead atoms. The van der Waals surface area contributed by atoms with Gasteiger partial charge >= 0.3 is 5.69 Å². The smallest absolute Gasteiger partial charge is 0.333 e. The third-order valence-corrected chi connectivity index (χ3v) is 3.34. The normalized spacial score (nSPS) is 10.2. The number of nitrogens with two attached hydrogens (primary N) is 1. The molecular weight excluding hydrogens is 252 g/mol. The van der Waals surface area contributed by atoms with E-state index in [0.717, 1.165) is 6.42 Å². The number of hydrogen-bond donors (Lipinski definition) is 1. The summed E-state index contributed by atoms with van der Waals surface area (Å²) in [6, 6.07) is 8.65. The van der Waals surface area contributed by atoms with Gasteiger partial charge < -0.3 is 10.5 Å². The predicted molar refractivity (Wildman–Crippen MR) is 71.0 cm³/mol. The van der Waals surface area contributed by atoms with E-state index in [1.165, 1.54) is 10.9 Å². The van der Waals surface area contributed by atoms with E-state index in [0.29, 0.717) is 6.61 Å². The van der Waals surface area contributed by atoms with E-state index in [4.69, 9.17) is 10.5 Å². The first-order chi connectivity index (χ1) is 8.68. The second kappa shape index (κ2) is 5.50. The number of nitrogens with zero attached hydrogens (tertiary/aromatic N) is 1. The van der Waals surface area contributed by atoms with Gasteiger partial charge in [0.1, 0.15) is 5.69 Å². The van der Waals surface area contributed by atoms with Crippen LogP contribution in [0.1, 0.15) is 4.88 Å². The second-order valence-corrected chi connectivity index (χ2v) is 4.66. The molecule has 0 radical (unpaired) electrons. The van der Waals surface area contributed by atoms with E-state index in [9.17, 15) is 10.1 Å². The molecule has 0 amide bonds. The van der Waals surface area contributed by atoms with Crippen LogP contribution < -0.4 is 10.5 Å². The zero-order valence-electron chi connectivity index (χ0n) is 9.54. The van der Waals surface area contributed by atoms with Crippen molar-refractivity contribution in [3.05, 3.63) is 50.7 Å². The molecule has 1 aromatic carbocycles. The lowest BCUT2D eigenvalue weighted by Crippen LogP contribution is -2.04. The average molecular weight is 264 g/mol. The lowest BCUT2D eigenvalue weighted by Gasteiger charge is -2.07. The maximum atomic E-state index is 10.9. The van der Waals surface area contributed by atoms with Crippen molar-refractivity contribution in [2.75, 3.05) is 12.3 Å². The summed E-state index contributed by atoms with van der Waals surface area (Å²) in [6.07, 6.45) is 0.726. The van der Waals surface area contributed by atoms with Crippen LogP contribution in [0.3, 0.4) is 0 Å². The van der Waals surface area contributed by atoms with Crippen LogP contribution in [0.15, 0.2) is 35.7 Å². The highest BCUT2D eigenvalue weighted by molar-refractivity contribution is 7.09. The highest BCUT2D eigenvalue weighted by Gasteiger charge is 2.18. The standard InChI is InChI=1S/C12H12N2O3S/c13-10-4-1-5-11(12(10)14(15)16)17-7-6-9-3-2-8-18-9/h1-5,8H,6-7,13H2. The Bertz CT molecular complexity index is 540. The molecule has 0 spiro atoms. The van der Waals surface area contributed by atoms with Crippen LogP contribution in [0.4, 0.5) is 11.4 Å². The summed E-state index contributed by atoms with van der Waals surface area (Å²) in [4.78, 5) is 11.5. The van der Waals surface area contributed by atoms with Crippen molar-refractivity contribution in [3.63, 3.8) is 0 Å². The summed E-state index contributed by atoms with van der Waals surface area (Å²) in [5, 5.41) is 12.9. The van der Waals surface area contributed by atoms with Crippen LogP contribution in [0.25, 0.3) is 0 Å². The molecule has 1 heterocycles. The summed E-state index contributed by atoms with van der Waals surface area (Å²) >= 11 is 1.63. The lowest BCUT2D eigenvalue weighted by molar-refractivity contribution is -0.384. The fourth-order valence-electron chi connectivity index (χ4n) is 1.57. The summed E-state index contributed by atoms with van der Waals surface area (Å²) in [7, 11) is 0. The van der Waals surface area contributed by atoms with Crippen molar-refractivity contribution in [3.8, 4) is 5.75 Å². The van der Waals surface area contributed by atoms with Crippen molar-refractivity contribution in [1.82, 2.24) is 0 Å². The molecule has 18 heavy (non-hydrogen) atoms. The number of hydrogen-bond acceptors (Lipinski definition) is 5. The van der Waals surface area contributed by atoms with Gasteiger partial charge in [0.25, 0.3) is 0 Å². The van der Waals surface area contributed by atoms with Crippen LogP contribution in [-0.4, -0.2) is 11.5 Å². The number of nitrogen functional groups attached to an aromatic ring is 1. The van der Waals surface area contributed by atoms with Crippen molar-refractivity contribution >= 4 is 22.7 Å². The molecule has 2 aromatic rings. The number of nitro groups is 1. The van der Waals surface area contributed by atoms with Crippen LogP contribution in [0, 0.1) is 10.1 Å². The van der Waals surface area contributed by atoms with E-state index < -0.39 is 4.92 Å². The number of para-hydroxylation sites is 1. The maximum Gasteiger partial charge on any atom is 0.333 e. The topological polar surface area (TPSA) is 78.4 Å². The molecule has 0 saturated heterocycles. The first kappa shape index (κ1) is 12.4. The predicted octanol–water partition coefficient (Wildman–Crippen LogP) is 2.86. The van der Waals surface area contributed by atoms with Crippen LogP contribution >= 0.6 is 11.3 Å². The van der Waals surface area contributed by atoms with Gasteiger partial charge in [-0.1, -0.05) is 12.1 Å². The number of thiophene rings is 1. The number of anilines is 1. The SMILES string of the molecule is Nc1cccc(OCCc2cccs2)c1[N+](=O)[O-]. The number of ether oxygens (including phenoxy) is 1. The van der Waals surface area contributed by atoms with Gasteiger partial charge in [-0.3, -0.25) is 10.1 Å². The summed E-state index contributed by atoms with van der Waals surface area (Å²) in [5.74, 6) is 0.219. The minimum Gasteiger partial charge on any atom is -0.486 e. The van der Waals surface area contributed by atoms with Crippen LogP contribution in [0.2, 0.25) is 0 Å². The molecule has 6 heteroatoms. The van der Waals surface area contributed by atoms with Gasteiger partial charge in [0.15, 0.2) is 5.75 Å². The lowest BCUT2D eigenvalue weighted by atomic mass is 10.2. The quantitative estimate of drug-likeness (QED) is 0.511. The molecule has 1 aromatic heterocycles. The second-order valence-electron chi connectivity index (χ2n) is 3.63. The van der Waals surface area contributed by atoms with E-state index in [1.807, 2.05) is 17.5 Å². The first-order valence-electron chi connectivity index (χ1n) is 5.36. The summed E-state index contributed by atoms with van der Waals surface area (Å²) in [6.45, 7) is 0.394. The molecule has 2 N–H and O–H groups in total. The Morgan fingerprint density at radius 2 is 2.17 bits per heavy atom. The minimum atomic E-state index is -0.518. The number of benzene rings is 1. The Kier molecular flexibility index (Phi) is 3.78. The Morgan fingerprint density at radius 1 is 1.33 bits per heavy atom. The highest BCUT2D eigenvalue weighted by atomic mass is 32.1. The van der Waals surface area contributed by atoms with Gasteiger partial charge in [-0.25, -0.2) is 0 Å². The Balaban J connectivity index is 2.05. The van der Waals surface area contributed by atoms with Gasteiger partial charge in [-0.15, -0.1) is 11.3 Å². The molecule has 0 aliphatic heterocycles. The Morgan fingerprint density at radius 3 is 2.83 bits per heavy atom. The molecule has 94 valence electrons.